The van der Waals surface area contributed by atoms with E-state index >= 15 is 0 Å². The Morgan fingerprint density at radius 2 is 1.93 bits per heavy atom. The third-order valence-electron chi connectivity index (χ3n) is 4.44. The lowest BCUT2D eigenvalue weighted by Crippen LogP contribution is -2.47. The Kier molecular flexibility index (Phi) is 6.93. The van der Waals surface area contributed by atoms with Gasteiger partial charge in [0.2, 0.25) is 17.7 Å². The maximum atomic E-state index is 14.1. The minimum atomic E-state index is -0.696. The second-order valence-electron chi connectivity index (χ2n) is 7.69. The van der Waals surface area contributed by atoms with E-state index in [1.807, 2.05) is 27.7 Å². The molecule has 0 bridgehead atoms. The largest absolute Gasteiger partial charge is 0.344 e. The fraction of sp³-hybridized carbons (Fsp3) is 0.550. The van der Waals surface area contributed by atoms with Gasteiger partial charge in [0.15, 0.2) is 0 Å². The van der Waals surface area contributed by atoms with Crippen molar-refractivity contribution in [3.63, 3.8) is 0 Å². The molecule has 1 heterocycles. The number of anilines is 2. The number of carbonyl (C=O) groups is 3. The summed E-state index contributed by atoms with van der Waals surface area (Å²) in [7, 11) is 0. The smallest absolute Gasteiger partial charge is 0.247 e. The molecule has 1 atom stereocenters. The van der Waals surface area contributed by atoms with Crippen molar-refractivity contribution >= 4 is 29.1 Å². The van der Waals surface area contributed by atoms with Gasteiger partial charge >= 0.3 is 0 Å². The molecule has 3 amide bonds. The fourth-order valence-corrected chi connectivity index (χ4v) is 3.06. The summed E-state index contributed by atoms with van der Waals surface area (Å²) in [6, 6.07) is 3.45. The molecule has 1 fully saturated rings. The molecule has 6 nitrogen and oxygen atoms in total. The standard InChI is InChI=1S/C20H28FN3O3/c1-12(2)10-17(25)23-19(13(3)4)20(27)22-14-7-8-15(21)16(11-14)24-9-5-6-18(24)26/h7-8,11-13,19H,5-6,9-10H2,1-4H3,(H,22,27)(H,23,25)/t19-/m0/s1. The van der Waals surface area contributed by atoms with E-state index in [0.29, 0.717) is 31.5 Å². The lowest BCUT2D eigenvalue weighted by atomic mass is 10.0. The van der Waals surface area contributed by atoms with Crippen LogP contribution in [0.15, 0.2) is 18.2 Å². The lowest BCUT2D eigenvalue weighted by Gasteiger charge is -2.23. The molecule has 7 heteroatoms. The van der Waals surface area contributed by atoms with Crippen LogP contribution in [0.4, 0.5) is 15.8 Å². The van der Waals surface area contributed by atoms with Gasteiger partial charge in [-0.2, -0.15) is 0 Å². The van der Waals surface area contributed by atoms with E-state index in [0.717, 1.165) is 0 Å². The zero-order valence-corrected chi connectivity index (χ0v) is 16.3. The molecule has 1 aromatic rings. The van der Waals surface area contributed by atoms with E-state index in [2.05, 4.69) is 10.6 Å². The zero-order valence-electron chi connectivity index (χ0n) is 16.3. The van der Waals surface area contributed by atoms with Crippen LogP contribution in [0.2, 0.25) is 0 Å². The van der Waals surface area contributed by atoms with E-state index in [9.17, 15) is 18.8 Å². The van der Waals surface area contributed by atoms with Gasteiger partial charge in [0, 0.05) is 25.1 Å². The van der Waals surface area contributed by atoms with Gasteiger partial charge in [-0.1, -0.05) is 27.7 Å². The van der Waals surface area contributed by atoms with Gasteiger partial charge in [-0.05, 0) is 36.5 Å². The molecule has 27 heavy (non-hydrogen) atoms. The predicted molar refractivity (Wildman–Crippen MR) is 103 cm³/mol. The summed E-state index contributed by atoms with van der Waals surface area (Å²) in [6.45, 7) is 8.03. The van der Waals surface area contributed by atoms with Crippen LogP contribution in [0.25, 0.3) is 0 Å². The first-order chi connectivity index (χ1) is 12.7. The van der Waals surface area contributed by atoms with Crippen molar-refractivity contribution in [2.24, 2.45) is 11.8 Å². The quantitative estimate of drug-likeness (QED) is 0.766. The number of rotatable bonds is 7. The maximum Gasteiger partial charge on any atom is 0.247 e. The third-order valence-corrected chi connectivity index (χ3v) is 4.44. The van der Waals surface area contributed by atoms with Gasteiger partial charge in [0.1, 0.15) is 11.9 Å². The number of amides is 3. The third kappa shape index (κ3) is 5.52. The molecule has 0 radical (unpaired) electrons. The van der Waals surface area contributed by atoms with Crippen molar-refractivity contribution < 1.29 is 18.8 Å². The van der Waals surface area contributed by atoms with Crippen LogP contribution in [0.3, 0.4) is 0 Å². The normalized spacial score (nSPS) is 15.4. The van der Waals surface area contributed by atoms with Gasteiger partial charge in [-0.3, -0.25) is 14.4 Å². The highest BCUT2D eigenvalue weighted by Gasteiger charge is 2.27. The van der Waals surface area contributed by atoms with Gasteiger partial charge in [0.25, 0.3) is 0 Å². The second-order valence-corrected chi connectivity index (χ2v) is 7.69. The summed E-state index contributed by atoms with van der Waals surface area (Å²) in [5.74, 6) is -1.10. The van der Waals surface area contributed by atoms with Crippen LogP contribution in [0.5, 0.6) is 0 Å². The fourth-order valence-electron chi connectivity index (χ4n) is 3.06. The molecule has 1 aliphatic heterocycles. The summed E-state index contributed by atoms with van der Waals surface area (Å²) in [5.41, 5.74) is 0.556. The van der Waals surface area contributed by atoms with Gasteiger partial charge < -0.3 is 15.5 Å². The number of nitrogens with zero attached hydrogens (tertiary/aromatic N) is 1. The number of halogens is 1. The number of benzene rings is 1. The monoisotopic (exact) mass is 377 g/mol. The highest BCUT2D eigenvalue weighted by atomic mass is 19.1. The Morgan fingerprint density at radius 1 is 1.22 bits per heavy atom. The molecule has 1 aliphatic rings. The van der Waals surface area contributed by atoms with E-state index in [1.165, 1.54) is 23.1 Å². The number of hydrogen-bond acceptors (Lipinski definition) is 3. The Labute approximate surface area is 159 Å². The number of nitrogens with one attached hydrogen (secondary N) is 2. The van der Waals surface area contributed by atoms with Crippen LogP contribution in [0, 0.1) is 17.7 Å². The Bertz CT molecular complexity index is 718. The average molecular weight is 377 g/mol. The summed E-state index contributed by atoms with van der Waals surface area (Å²) >= 11 is 0. The van der Waals surface area contributed by atoms with Crippen LogP contribution >= 0.6 is 0 Å². The van der Waals surface area contributed by atoms with Crippen molar-refractivity contribution in [1.29, 1.82) is 0 Å². The number of carbonyl (C=O) groups excluding carboxylic acids is 3. The predicted octanol–water partition coefficient (Wildman–Crippen LogP) is 3.08. The molecule has 2 N–H and O–H groups in total. The number of hydrogen-bond donors (Lipinski definition) is 2. The lowest BCUT2D eigenvalue weighted by molar-refractivity contribution is -0.127. The molecule has 0 aromatic heterocycles. The van der Waals surface area contributed by atoms with Crippen molar-refractivity contribution in [2.75, 3.05) is 16.8 Å². The van der Waals surface area contributed by atoms with E-state index < -0.39 is 11.9 Å². The molecular formula is C20H28FN3O3. The van der Waals surface area contributed by atoms with Crippen molar-refractivity contribution in [1.82, 2.24) is 5.32 Å². The zero-order chi connectivity index (χ0) is 20.1. The Hall–Kier alpha value is -2.44. The highest BCUT2D eigenvalue weighted by molar-refractivity contribution is 5.99. The summed E-state index contributed by atoms with van der Waals surface area (Å²) < 4.78 is 14.1. The van der Waals surface area contributed by atoms with Crippen molar-refractivity contribution in [3.05, 3.63) is 24.0 Å². The van der Waals surface area contributed by atoms with Crippen LogP contribution in [-0.2, 0) is 14.4 Å². The molecule has 0 saturated carbocycles. The van der Waals surface area contributed by atoms with Gasteiger partial charge in [-0.25, -0.2) is 4.39 Å². The van der Waals surface area contributed by atoms with Gasteiger partial charge in [0.05, 0.1) is 5.69 Å². The van der Waals surface area contributed by atoms with E-state index in [-0.39, 0.29) is 35.2 Å². The molecule has 1 saturated heterocycles. The molecule has 0 aliphatic carbocycles. The van der Waals surface area contributed by atoms with Crippen molar-refractivity contribution in [3.8, 4) is 0 Å². The van der Waals surface area contributed by atoms with E-state index in [4.69, 9.17) is 0 Å². The highest BCUT2D eigenvalue weighted by Crippen LogP contribution is 2.27. The van der Waals surface area contributed by atoms with Crippen LogP contribution in [-0.4, -0.2) is 30.3 Å². The SMILES string of the molecule is CC(C)CC(=O)N[C@H](C(=O)Nc1ccc(F)c(N2CCCC2=O)c1)C(C)C. The minimum absolute atomic E-state index is 0.110. The molecule has 1 aromatic carbocycles. The van der Waals surface area contributed by atoms with Crippen molar-refractivity contribution in [2.45, 2.75) is 53.0 Å². The summed E-state index contributed by atoms with van der Waals surface area (Å²) in [6.07, 6.45) is 1.42. The van der Waals surface area contributed by atoms with E-state index in [1.54, 1.807) is 0 Å². The summed E-state index contributed by atoms with van der Waals surface area (Å²) in [5, 5.41) is 5.50. The minimum Gasteiger partial charge on any atom is -0.344 e. The average Bonchev–Trinajstić information content (AvgIpc) is 2.99. The molecule has 0 spiro atoms. The summed E-state index contributed by atoms with van der Waals surface area (Å²) in [4.78, 5) is 38.0. The first-order valence-electron chi connectivity index (χ1n) is 9.39. The Balaban J connectivity index is 2.13. The first-order valence-corrected chi connectivity index (χ1v) is 9.39. The maximum absolute atomic E-state index is 14.1. The molecule has 2 rings (SSSR count). The van der Waals surface area contributed by atoms with Crippen LogP contribution in [0.1, 0.15) is 47.0 Å². The second kappa shape index (κ2) is 8.97. The molecule has 0 unspecified atom stereocenters. The van der Waals surface area contributed by atoms with Gasteiger partial charge in [-0.15, -0.1) is 0 Å². The van der Waals surface area contributed by atoms with Crippen LogP contribution < -0.4 is 15.5 Å². The topological polar surface area (TPSA) is 78.5 Å². The molecule has 148 valence electrons. The molecular weight excluding hydrogens is 349 g/mol. The first kappa shape index (κ1) is 20.9. The Morgan fingerprint density at radius 3 is 2.48 bits per heavy atom.